The zero-order valence-corrected chi connectivity index (χ0v) is 12.6. The van der Waals surface area contributed by atoms with Crippen LogP contribution >= 0.6 is 0 Å². The zero-order valence-electron chi connectivity index (χ0n) is 12.6. The largest absolute Gasteiger partial charge is 0.463 e. The first-order valence-corrected chi connectivity index (χ1v) is 7.39. The first-order valence-electron chi connectivity index (χ1n) is 7.39. The molecule has 1 atom stereocenters. The Morgan fingerprint density at radius 2 is 2.15 bits per heavy atom. The maximum absolute atomic E-state index is 5.71. The molecule has 0 aliphatic heterocycles. The summed E-state index contributed by atoms with van der Waals surface area (Å²) in [5, 5.41) is 3.37. The number of ether oxygens (including phenoxy) is 1. The van der Waals surface area contributed by atoms with Crippen molar-refractivity contribution >= 4 is 11.9 Å². The summed E-state index contributed by atoms with van der Waals surface area (Å²) < 4.78 is 5.42. The fraction of sp³-hybridized carbons (Fsp3) is 0.786. The molecule has 6 heteroatoms. The molecule has 1 aromatic heterocycles. The summed E-state index contributed by atoms with van der Waals surface area (Å²) in [5.74, 6) is 0.718. The van der Waals surface area contributed by atoms with Gasteiger partial charge in [0.05, 0.1) is 6.61 Å². The highest BCUT2D eigenvalue weighted by atomic mass is 16.5. The number of hydrogen-bond donors (Lipinski definition) is 2. The maximum atomic E-state index is 5.71. The average Bonchev–Trinajstić information content (AvgIpc) is 2.34. The minimum atomic E-state index is 0.198. The van der Waals surface area contributed by atoms with E-state index < -0.39 is 0 Å². The number of nitrogen functional groups attached to an aromatic ring is 1. The van der Waals surface area contributed by atoms with Gasteiger partial charge in [-0.3, -0.25) is 0 Å². The SMILES string of the molecule is CCCOc1nc(N)nc(NC2CCCC(C)(C)C2)n1. The molecule has 20 heavy (non-hydrogen) atoms. The fourth-order valence-corrected chi connectivity index (χ4v) is 2.70. The van der Waals surface area contributed by atoms with E-state index >= 15 is 0 Å². The van der Waals surface area contributed by atoms with E-state index in [1.54, 1.807) is 0 Å². The van der Waals surface area contributed by atoms with Crippen LogP contribution in [0.4, 0.5) is 11.9 Å². The predicted octanol–water partition coefficient (Wildman–Crippen LogP) is 2.62. The normalized spacial score (nSPS) is 21.4. The Kier molecular flexibility index (Phi) is 4.62. The Morgan fingerprint density at radius 3 is 2.85 bits per heavy atom. The molecule has 0 spiro atoms. The number of nitrogens with one attached hydrogen (secondary N) is 1. The molecule has 0 saturated heterocycles. The second kappa shape index (κ2) is 6.24. The maximum Gasteiger partial charge on any atom is 0.323 e. The smallest absolute Gasteiger partial charge is 0.323 e. The lowest BCUT2D eigenvalue weighted by Gasteiger charge is -2.35. The first-order chi connectivity index (χ1) is 9.48. The van der Waals surface area contributed by atoms with Crippen LogP contribution in [0, 0.1) is 5.41 Å². The molecular weight excluding hydrogens is 254 g/mol. The summed E-state index contributed by atoms with van der Waals surface area (Å²) in [4.78, 5) is 12.4. The fourth-order valence-electron chi connectivity index (χ4n) is 2.70. The van der Waals surface area contributed by atoms with E-state index in [9.17, 15) is 0 Å². The van der Waals surface area contributed by atoms with E-state index in [1.807, 2.05) is 6.92 Å². The van der Waals surface area contributed by atoms with Crippen molar-refractivity contribution in [1.82, 2.24) is 15.0 Å². The minimum Gasteiger partial charge on any atom is -0.463 e. The molecule has 0 radical (unpaired) electrons. The van der Waals surface area contributed by atoms with Crippen molar-refractivity contribution < 1.29 is 4.74 Å². The zero-order chi connectivity index (χ0) is 14.6. The highest BCUT2D eigenvalue weighted by Crippen LogP contribution is 2.36. The van der Waals surface area contributed by atoms with Crippen LogP contribution < -0.4 is 15.8 Å². The monoisotopic (exact) mass is 279 g/mol. The molecule has 1 saturated carbocycles. The lowest BCUT2D eigenvalue weighted by Crippen LogP contribution is -2.32. The van der Waals surface area contributed by atoms with Gasteiger partial charge in [0.1, 0.15) is 0 Å². The Labute approximate surface area is 120 Å². The lowest BCUT2D eigenvalue weighted by atomic mass is 9.75. The van der Waals surface area contributed by atoms with Crippen molar-refractivity contribution in [3.63, 3.8) is 0 Å². The van der Waals surface area contributed by atoms with E-state index in [4.69, 9.17) is 10.5 Å². The van der Waals surface area contributed by atoms with Gasteiger partial charge in [0.25, 0.3) is 0 Å². The molecule has 1 fully saturated rings. The van der Waals surface area contributed by atoms with Crippen molar-refractivity contribution in [3.8, 4) is 6.01 Å². The summed E-state index contributed by atoms with van der Waals surface area (Å²) in [6.07, 6.45) is 5.66. The van der Waals surface area contributed by atoms with Crippen LogP contribution in [0.2, 0.25) is 0 Å². The molecule has 0 amide bonds. The molecule has 0 bridgehead atoms. The summed E-state index contributed by atoms with van der Waals surface area (Å²) in [5.41, 5.74) is 6.08. The number of hydrogen-bond acceptors (Lipinski definition) is 6. The van der Waals surface area contributed by atoms with Crippen molar-refractivity contribution in [1.29, 1.82) is 0 Å². The second-order valence-electron chi connectivity index (χ2n) is 6.25. The number of aromatic nitrogens is 3. The van der Waals surface area contributed by atoms with Crippen molar-refractivity contribution in [2.24, 2.45) is 5.41 Å². The predicted molar refractivity (Wildman–Crippen MR) is 79.7 cm³/mol. The van der Waals surface area contributed by atoms with Crippen LogP contribution in [0.15, 0.2) is 0 Å². The standard InChI is InChI=1S/C14H25N5O/c1-4-8-20-13-18-11(15)17-12(19-13)16-10-6-5-7-14(2,3)9-10/h10H,4-9H2,1-3H3,(H3,15,16,17,18,19). The van der Waals surface area contributed by atoms with Crippen LogP contribution in [-0.2, 0) is 0 Å². The van der Waals surface area contributed by atoms with Gasteiger partial charge in [-0.25, -0.2) is 0 Å². The van der Waals surface area contributed by atoms with Gasteiger partial charge >= 0.3 is 6.01 Å². The number of nitrogens with zero attached hydrogens (tertiary/aromatic N) is 3. The van der Waals surface area contributed by atoms with Crippen LogP contribution in [0.25, 0.3) is 0 Å². The summed E-state index contributed by atoms with van der Waals surface area (Å²) in [7, 11) is 0. The van der Waals surface area contributed by atoms with Gasteiger partial charge in [0.15, 0.2) is 0 Å². The number of anilines is 2. The lowest BCUT2D eigenvalue weighted by molar-refractivity contribution is 0.229. The van der Waals surface area contributed by atoms with Crippen LogP contribution in [0.3, 0.4) is 0 Å². The average molecular weight is 279 g/mol. The third-order valence-electron chi connectivity index (χ3n) is 3.61. The topological polar surface area (TPSA) is 86.0 Å². The molecular formula is C14H25N5O. The molecule has 112 valence electrons. The third kappa shape index (κ3) is 4.21. The van der Waals surface area contributed by atoms with E-state index in [0.717, 1.165) is 19.3 Å². The van der Waals surface area contributed by atoms with E-state index in [0.29, 0.717) is 30.0 Å². The van der Waals surface area contributed by atoms with Gasteiger partial charge in [-0.15, -0.1) is 0 Å². The van der Waals surface area contributed by atoms with Gasteiger partial charge in [-0.05, 0) is 31.1 Å². The Bertz CT molecular complexity index is 449. The molecule has 6 nitrogen and oxygen atoms in total. The van der Waals surface area contributed by atoms with Gasteiger partial charge in [0.2, 0.25) is 11.9 Å². The summed E-state index contributed by atoms with van der Waals surface area (Å²) in [6, 6.07) is 0.691. The Hall–Kier alpha value is -1.59. The highest BCUT2D eigenvalue weighted by molar-refractivity contribution is 5.33. The summed E-state index contributed by atoms with van der Waals surface area (Å²) in [6.45, 7) is 7.23. The van der Waals surface area contributed by atoms with Gasteiger partial charge in [0, 0.05) is 6.04 Å². The van der Waals surface area contributed by atoms with E-state index in [1.165, 1.54) is 12.8 Å². The third-order valence-corrected chi connectivity index (χ3v) is 3.61. The molecule has 1 unspecified atom stereocenters. The van der Waals surface area contributed by atoms with Crippen molar-refractivity contribution in [2.45, 2.75) is 58.9 Å². The molecule has 1 aliphatic rings. The van der Waals surface area contributed by atoms with Crippen LogP contribution in [0.5, 0.6) is 6.01 Å². The van der Waals surface area contributed by atoms with E-state index in [-0.39, 0.29) is 5.95 Å². The molecule has 2 rings (SSSR count). The Balaban J connectivity index is 2.03. The molecule has 0 aromatic carbocycles. The minimum absolute atomic E-state index is 0.198. The molecule has 1 aromatic rings. The highest BCUT2D eigenvalue weighted by Gasteiger charge is 2.28. The molecule has 3 N–H and O–H groups in total. The molecule has 1 heterocycles. The van der Waals surface area contributed by atoms with E-state index in [2.05, 4.69) is 34.1 Å². The van der Waals surface area contributed by atoms with Crippen LogP contribution in [-0.4, -0.2) is 27.6 Å². The second-order valence-corrected chi connectivity index (χ2v) is 6.25. The summed E-state index contributed by atoms with van der Waals surface area (Å²) >= 11 is 0. The van der Waals surface area contributed by atoms with Gasteiger partial charge < -0.3 is 15.8 Å². The van der Waals surface area contributed by atoms with Crippen molar-refractivity contribution in [3.05, 3.63) is 0 Å². The number of rotatable bonds is 5. The van der Waals surface area contributed by atoms with Gasteiger partial charge in [-0.1, -0.05) is 27.2 Å². The first kappa shape index (κ1) is 14.8. The van der Waals surface area contributed by atoms with Gasteiger partial charge in [-0.2, -0.15) is 15.0 Å². The molecule has 1 aliphatic carbocycles. The Morgan fingerprint density at radius 1 is 1.35 bits per heavy atom. The van der Waals surface area contributed by atoms with Crippen molar-refractivity contribution in [2.75, 3.05) is 17.7 Å². The number of nitrogens with two attached hydrogens (primary N) is 1. The van der Waals surface area contributed by atoms with Crippen LogP contribution in [0.1, 0.15) is 52.9 Å². The quantitative estimate of drug-likeness (QED) is 0.861.